The minimum atomic E-state index is -0.328. The molecule has 134 valence electrons. The highest BCUT2D eigenvalue weighted by Gasteiger charge is 2.21. The topological polar surface area (TPSA) is 64.6 Å². The zero-order valence-corrected chi connectivity index (χ0v) is 15.1. The van der Waals surface area contributed by atoms with Crippen LogP contribution in [-0.4, -0.2) is 42.9 Å². The molecule has 0 bridgehead atoms. The molecule has 1 aromatic carbocycles. The number of carbonyl (C=O) groups excluding carboxylic acids is 1. The van der Waals surface area contributed by atoms with Gasteiger partial charge >= 0.3 is 6.03 Å². The van der Waals surface area contributed by atoms with Gasteiger partial charge in [-0.25, -0.2) is 4.79 Å². The quantitative estimate of drug-likeness (QED) is 0.750. The number of amides is 2. The fourth-order valence-corrected chi connectivity index (χ4v) is 3.25. The van der Waals surface area contributed by atoms with Crippen molar-refractivity contribution in [3.63, 3.8) is 0 Å². The smallest absolute Gasteiger partial charge is 0.315 e. The lowest BCUT2D eigenvalue weighted by atomic mass is 10.0. The molecule has 0 aliphatic carbocycles. The standard InChI is InChI=1S/C19H31N3O2/c1-14-6-8-18(9-7-14)22-10-4-5-17(13-22)21-19(24)20-12-15(2)11-16(3)23/h6-9,15-17,23H,4-5,10-13H2,1-3H3,(H2,20,21,24). The number of urea groups is 1. The number of anilines is 1. The molecule has 5 heteroatoms. The van der Waals surface area contributed by atoms with Crippen LogP contribution in [0.2, 0.25) is 0 Å². The van der Waals surface area contributed by atoms with Crippen molar-refractivity contribution in [2.45, 2.75) is 52.2 Å². The molecule has 1 fully saturated rings. The molecule has 1 saturated heterocycles. The third-order valence-corrected chi connectivity index (χ3v) is 4.51. The Kier molecular flexibility index (Phi) is 6.91. The van der Waals surface area contributed by atoms with Crippen LogP contribution in [0.4, 0.5) is 10.5 Å². The number of nitrogens with zero attached hydrogens (tertiary/aromatic N) is 1. The molecule has 5 nitrogen and oxygen atoms in total. The average Bonchev–Trinajstić information content (AvgIpc) is 2.53. The molecule has 3 atom stereocenters. The van der Waals surface area contributed by atoms with E-state index < -0.39 is 0 Å². The van der Waals surface area contributed by atoms with E-state index in [0.29, 0.717) is 13.0 Å². The highest BCUT2D eigenvalue weighted by molar-refractivity contribution is 5.74. The van der Waals surface area contributed by atoms with Crippen LogP contribution in [0.5, 0.6) is 0 Å². The van der Waals surface area contributed by atoms with E-state index in [1.54, 1.807) is 6.92 Å². The Bertz CT molecular complexity index is 516. The molecule has 3 N–H and O–H groups in total. The monoisotopic (exact) mass is 333 g/mol. The lowest BCUT2D eigenvalue weighted by molar-refractivity contribution is 0.163. The summed E-state index contributed by atoms with van der Waals surface area (Å²) >= 11 is 0. The second kappa shape index (κ2) is 8.92. The summed E-state index contributed by atoms with van der Waals surface area (Å²) in [5.41, 5.74) is 2.48. The first kappa shape index (κ1) is 18.6. The largest absolute Gasteiger partial charge is 0.393 e. The molecule has 0 radical (unpaired) electrons. The number of carbonyl (C=O) groups is 1. The van der Waals surface area contributed by atoms with Gasteiger partial charge in [0.1, 0.15) is 0 Å². The number of nitrogens with one attached hydrogen (secondary N) is 2. The van der Waals surface area contributed by atoms with Crippen LogP contribution in [0.25, 0.3) is 0 Å². The summed E-state index contributed by atoms with van der Waals surface area (Å²) in [6, 6.07) is 8.62. The van der Waals surface area contributed by atoms with Crippen molar-refractivity contribution in [3.8, 4) is 0 Å². The number of aryl methyl sites for hydroxylation is 1. The second-order valence-electron chi connectivity index (χ2n) is 7.16. The number of rotatable bonds is 6. The molecule has 3 unspecified atom stereocenters. The molecule has 2 rings (SSSR count). The van der Waals surface area contributed by atoms with Gasteiger partial charge in [0.25, 0.3) is 0 Å². The molecule has 0 spiro atoms. The van der Waals surface area contributed by atoms with E-state index in [1.807, 2.05) is 6.92 Å². The summed E-state index contributed by atoms with van der Waals surface area (Å²) in [7, 11) is 0. The Morgan fingerprint density at radius 3 is 2.71 bits per heavy atom. The van der Waals surface area contributed by atoms with Crippen molar-refractivity contribution in [3.05, 3.63) is 29.8 Å². The van der Waals surface area contributed by atoms with Crippen molar-refractivity contribution < 1.29 is 9.90 Å². The van der Waals surface area contributed by atoms with Crippen molar-refractivity contribution in [2.75, 3.05) is 24.5 Å². The van der Waals surface area contributed by atoms with E-state index >= 15 is 0 Å². The van der Waals surface area contributed by atoms with E-state index in [-0.39, 0.29) is 24.1 Å². The second-order valence-corrected chi connectivity index (χ2v) is 7.16. The van der Waals surface area contributed by atoms with Gasteiger partial charge in [0, 0.05) is 31.4 Å². The molecule has 24 heavy (non-hydrogen) atoms. The molecular formula is C19H31N3O2. The summed E-state index contributed by atoms with van der Waals surface area (Å²) < 4.78 is 0. The van der Waals surface area contributed by atoms with Gasteiger partial charge < -0.3 is 20.6 Å². The molecule has 1 aliphatic heterocycles. The Hall–Kier alpha value is -1.75. The highest BCUT2D eigenvalue weighted by Crippen LogP contribution is 2.20. The summed E-state index contributed by atoms with van der Waals surface area (Å²) in [5, 5.41) is 15.4. The minimum absolute atomic E-state index is 0.108. The number of hydrogen-bond donors (Lipinski definition) is 3. The first-order chi connectivity index (χ1) is 11.4. The summed E-state index contributed by atoms with van der Waals surface area (Å²) in [6.07, 6.45) is 2.47. The first-order valence-electron chi connectivity index (χ1n) is 8.98. The van der Waals surface area contributed by atoms with E-state index in [0.717, 1.165) is 25.9 Å². The Morgan fingerprint density at radius 1 is 1.33 bits per heavy atom. The fourth-order valence-electron chi connectivity index (χ4n) is 3.25. The van der Waals surface area contributed by atoms with Crippen LogP contribution in [0.15, 0.2) is 24.3 Å². The molecule has 1 heterocycles. The lowest BCUT2D eigenvalue weighted by Crippen LogP contribution is -2.51. The number of aliphatic hydroxyl groups excluding tert-OH is 1. The number of aliphatic hydroxyl groups is 1. The summed E-state index contributed by atoms with van der Waals surface area (Å²) in [6.45, 7) is 8.37. The van der Waals surface area contributed by atoms with Gasteiger partial charge in [0.15, 0.2) is 0 Å². The van der Waals surface area contributed by atoms with Gasteiger partial charge in [-0.3, -0.25) is 0 Å². The van der Waals surface area contributed by atoms with Crippen molar-refractivity contribution in [1.29, 1.82) is 0 Å². The molecule has 1 aromatic rings. The zero-order chi connectivity index (χ0) is 17.5. The maximum Gasteiger partial charge on any atom is 0.315 e. The van der Waals surface area contributed by atoms with Gasteiger partial charge in [-0.2, -0.15) is 0 Å². The number of benzene rings is 1. The van der Waals surface area contributed by atoms with Crippen LogP contribution < -0.4 is 15.5 Å². The predicted molar refractivity (Wildman–Crippen MR) is 98.4 cm³/mol. The van der Waals surface area contributed by atoms with E-state index in [4.69, 9.17) is 0 Å². The van der Waals surface area contributed by atoms with Crippen LogP contribution in [0.1, 0.15) is 38.7 Å². The van der Waals surface area contributed by atoms with Crippen LogP contribution in [0.3, 0.4) is 0 Å². The minimum Gasteiger partial charge on any atom is -0.393 e. The van der Waals surface area contributed by atoms with Crippen LogP contribution in [-0.2, 0) is 0 Å². The zero-order valence-electron chi connectivity index (χ0n) is 15.1. The SMILES string of the molecule is Cc1ccc(N2CCCC(NC(=O)NCC(C)CC(C)O)C2)cc1. The maximum atomic E-state index is 12.1. The van der Waals surface area contributed by atoms with Gasteiger partial charge in [-0.1, -0.05) is 24.6 Å². The van der Waals surface area contributed by atoms with Gasteiger partial charge in [0.05, 0.1) is 6.10 Å². The number of piperidine rings is 1. The fraction of sp³-hybridized carbons (Fsp3) is 0.632. The third-order valence-electron chi connectivity index (χ3n) is 4.51. The van der Waals surface area contributed by atoms with Crippen LogP contribution >= 0.6 is 0 Å². The van der Waals surface area contributed by atoms with Crippen molar-refractivity contribution >= 4 is 11.7 Å². The number of hydrogen-bond acceptors (Lipinski definition) is 3. The van der Waals surface area contributed by atoms with Gasteiger partial charge in [0.2, 0.25) is 0 Å². The normalized spacial score (nSPS) is 20.3. The molecular weight excluding hydrogens is 302 g/mol. The van der Waals surface area contributed by atoms with E-state index in [2.05, 4.69) is 46.7 Å². The van der Waals surface area contributed by atoms with Crippen LogP contribution in [0, 0.1) is 12.8 Å². The van der Waals surface area contributed by atoms with Gasteiger partial charge in [-0.15, -0.1) is 0 Å². The van der Waals surface area contributed by atoms with Gasteiger partial charge in [-0.05, 0) is 51.2 Å². The Balaban J connectivity index is 1.78. The third kappa shape index (κ3) is 6.04. The molecule has 0 saturated carbocycles. The average molecular weight is 333 g/mol. The van der Waals surface area contributed by atoms with E-state index in [9.17, 15) is 9.90 Å². The highest BCUT2D eigenvalue weighted by atomic mass is 16.3. The maximum absolute atomic E-state index is 12.1. The summed E-state index contributed by atoms with van der Waals surface area (Å²) in [4.78, 5) is 14.4. The Morgan fingerprint density at radius 2 is 2.04 bits per heavy atom. The first-order valence-corrected chi connectivity index (χ1v) is 8.98. The van der Waals surface area contributed by atoms with Crippen molar-refractivity contribution in [2.24, 2.45) is 5.92 Å². The summed E-state index contributed by atoms with van der Waals surface area (Å²) in [5.74, 6) is 0.270. The molecule has 1 aliphatic rings. The molecule has 0 aromatic heterocycles. The predicted octanol–water partition coefficient (Wildman–Crippen LogP) is 2.67. The lowest BCUT2D eigenvalue weighted by Gasteiger charge is -2.35. The molecule has 2 amide bonds. The van der Waals surface area contributed by atoms with Crippen molar-refractivity contribution in [1.82, 2.24) is 10.6 Å². The Labute approximate surface area is 145 Å². The van der Waals surface area contributed by atoms with E-state index in [1.165, 1.54) is 11.3 Å².